The van der Waals surface area contributed by atoms with Crippen molar-refractivity contribution in [3.63, 3.8) is 0 Å². The number of carbonyl (C=O) groups excluding carboxylic acids is 1. The van der Waals surface area contributed by atoms with Crippen LogP contribution >= 0.6 is 0 Å². The summed E-state index contributed by atoms with van der Waals surface area (Å²) >= 11 is 0. The van der Waals surface area contributed by atoms with Crippen molar-refractivity contribution >= 4 is 15.9 Å². The monoisotopic (exact) mass is 353 g/mol. The molecule has 1 aromatic carbocycles. The summed E-state index contributed by atoms with van der Waals surface area (Å²) in [7, 11) is -3.32. The van der Waals surface area contributed by atoms with Crippen LogP contribution in [0.3, 0.4) is 0 Å². The van der Waals surface area contributed by atoms with E-state index in [-0.39, 0.29) is 18.2 Å². The van der Waals surface area contributed by atoms with Gasteiger partial charge in [-0.3, -0.25) is 4.79 Å². The van der Waals surface area contributed by atoms with Crippen LogP contribution in [0, 0.1) is 0 Å². The van der Waals surface area contributed by atoms with Gasteiger partial charge in [-0.2, -0.15) is 4.31 Å². The van der Waals surface area contributed by atoms with Gasteiger partial charge in [0.15, 0.2) is 0 Å². The van der Waals surface area contributed by atoms with Crippen LogP contribution in [0.25, 0.3) is 0 Å². The lowest BCUT2D eigenvalue weighted by atomic mass is 10.2. The molecule has 6 nitrogen and oxygen atoms in total. The summed E-state index contributed by atoms with van der Waals surface area (Å²) in [5, 5.41) is 3.15. The Morgan fingerprint density at radius 1 is 1.17 bits per heavy atom. The van der Waals surface area contributed by atoms with Crippen LogP contribution in [0.5, 0.6) is 0 Å². The van der Waals surface area contributed by atoms with Crippen molar-refractivity contribution in [2.45, 2.75) is 19.8 Å². The van der Waals surface area contributed by atoms with Gasteiger partial charge >= 0.3 is 0 Å². The Kier molecular flexibility index (Phi) is 7.20. The van der Waals surface area contributed by atoms with Gasteiger partial charge in [-0.15, -0.1) is 0 Å². The Morgan fingerprint density at radius 2 is 1.83 bits per heavy atom. The number of benzene rings is 1. The number of nitrogens with zero attached hydrogens (tertiary/aromatic N) is 2. The number of rotatable bonds is 8. The molecule has 1 aromatic rings. The van der Waals surface area contributed by atoms with Gasteiger partial charge in [0.25, 0.3) is 5.91 Å². The van der Waals surface area contributed by atoms with E-state index in [2.05, 4.69) is 12.2 Å². The first kappa shape index (κ1) is 18.9. The minimum Gasteiger partial charge on any atom is -0.338 e. The second-order valence-electron chi connectivity index (χ2n) is 5.98. The molecule has 1 saturated heterocycles. The van der Waals surface area contributed by atoms with E-state index in [4.69, 9.17) is 0 Å². The van der Waals surface area contributed by atoms with Crippen molar-refractivity contribution in [2.75, 3.05) is 45.0 Å². The number of nitrogens with one attached hydrogen (secondary N) is 1. The Bertz CT molecular complexity index is 613. The van der Waals surface area contributed by atoms with Crippen LogP contribution in [-0.4, -0.2) is 68.6 Å². The number of carbonyl (C=O) groups is 1. The van der Waals surface area contributed by atoms with Crippen LogP contribution < -0.4 is 5.32 Å². The topological polar surface area (TPSA) is 69.7 Å². The fourth-order valence-corrected chi connectivity index (χ4v) is 4.15. The molecule has 1 aliphatic rings. The molecule has 0 spiro atoms. The highest BCUT2D eigenvalue weighted by Gasteiger charge is 2.25. The van der Waals surface area contributed by atoms with Gasteiger partial charge in [0.2, 0.25) is 10.0 Å². The van der Waals surface area contributed by atoms with E-state index >= 15 is 0 Å². The maximum Gasteiger partial charge on any atom is 0.253 e. The molecule has 1 fully saturated rings. The molecule has 1 aliphatic heterocycles. The van der Waals surface area contributed by atoms with E-state index < -0.39 is 10.0 Å². The Morgan fingerprint density at radius 3 is 2.46 bits per heavy atom. The van der Waals surface area contributed by atoms with E-state index in [1.54, 1.807) is 17.0 Å². The highest BCUT2D eigenvalue weighted by Crippen LogP contribution is 2.09. The lowest BCUT2D eigenvalue weighted by Gasteiger charge is -2.28. The highest BCUT2D eigenvalue weighted by atomic mass is 32.2. The minimum absolute atomic E-state index is 0.0186. The van der Waals surface area contributed by atoms with Crippen LogP contribution in [0.2, 0.25) is 0 Å². The molecular weight excluding hydrogens is 326 g/mol. The van der Waals surface area contributed by atoms with Crippen molar-refractivity contribution < 1.29 is 13.2 Å². The van der Waals surface area contributed by atoms with Crippen LogP contribution in [0.15, 0.2) is 30.3 Å². The summed E-state index contributed by atoms with van der Waals surface area (Å²) in [5.74, 6) is -0.116. The smallest absolute Gasteiger partial charge is 0.253 e. The van der Waals surface area contributed by atoms with Crippen molar-refractivity contribution in [1.29, 1.82) is 0 Å². The van der Waals surface area contributed by atoms with Gasteiger partial charge in [-0.25, -0.2) is 8.42 Å². The summed E-state index contributed by atoms with van der Waals surface area (Å²) in [5.41, 5.74) is 0.605. The number of amides is 1. The average molecular weight is 353 g/mol. The maximum absolute atomic E-state index is 12.7. The summed E-state index contributed by atoms with van der Waals surface area (Å²) in [6.07, 6.45) is 1.83. The lowest BCUT2D eigenvalue weighted by Crippen LogP contribution is -2.48. The number of unbranched alkanes of at least 4 members (excludes halogenated alkanes) is 1. The second-order valence-corrected chi connectivity index (χ2v) is 8.07. The molecule has 1 heterocycles. The van der Waals surface area contributed by atoms with E-state index in [1.807, 2.05) is 18.2 Å². The summed E-state index contributed by atoms with van der Waals surface area (Å²) in [6.45, 7) is 5.25. The quantitative estimate of drug-likeness (QED) is 0.761. The Labute approximate surface area is 144 Å². The van der Waals surface area contributed by atoms with Crippen molar-refractivity contribution in [3.8, 4) is 0 Å². The molecule has 1 N–H and O–H groups in total. The predicted octanol–water partition coefficient (Wildman–Crippen LogP) is 1.16. The van der Waals surface area contributed by atoms with Crippen LogP contribution in [0.4, 0.5) is 0 Å². The fraction of sp³-hybridized carbons (Fsp3) is 0.588. The molecule has 134 valence electrons. The first-order valence-corrected chi connectivity index (χ1v) is 10.2. The second kappa shape index (κ2) is 9.15. The van der Waals surface area contributed by atoms with Crippen LogP contribution in [0.1, 0.15) is 30.1 Å². The molecule has 0 bridgehead atoms. The molecule has 1 amide bonds. The van der Waals surface area contributed by atoms with E-state index in [9.17, 15) is 13.2 Å². The molecule has 0 unspecified atom stereocenters. The largest absolute Gasteiger partial charge is 0.338 e. The number of hydrogen-bond acceptors (Lipinski definition) is 4. The Hall–Kier alpha value is -1.44. The zero-order chi connectivity index (χ0) is 17.4. The van der Waals surface area contributed by atoms with Gasteiger partial charge < -0.3 is 10.2 Å². The molecular formula is C17H27N3O3S. The Balaban J connectivity index is 2.01. The number of sulfonamides is 1. The van der Waals surface area contributed by atoms with Gasteiger partial charge in [0.05, 0.1) is 5.75 Å². The van der Waals surface area contributed by atoms with Crippen molar-refractivity contribution in [2.24, 2.45) is 0 Å². The van der Waals surface area contributed by atoms with E-state index in [0.717, 1.165) is 12.8 Å². The third-order valence-corrected chi connectivity index (χ3v) is 6.03. The van der Waals surface area contributed by atoms with Crippen molar-refractivity contribution in [1.82, 2.24) is 14.5 Å². The van der Waals surface area contributed by atoms with Gasteiger partial charge in [-0.05, 0) is 18.6 Å². The SMILES string of the molecule is CCCCN(CCS(=O)(=O)N1CCNCC1)C(=O)c1ccccc1. The molecule has 7 heteroatoms. The van der Waals surface area contributed by atoms with Crippen molar-refractivity contribution in [3.05, 3.63) is 35.9 Å². The molecule has 0 radical (unpaired) electrons. The summed E-state index contributed by atoms with van der Waals surface area (Å²) in [6, 6.07) is 9.05. The van der Waals surface area contributed by atoms with Crippen LogP contribution in [-0.2, 0) is 10.0 Å². The molecule has 0 aromatic heterocycles. The lowest BCUT2D eigenvalue weighted by molar-refractivity contribution is 0.0763. The third-order valence-electron chi connectivity index (χ3n) is 4.18. The first-order chi connectivity index (χ1) is 11.5. The van der Waals surface area contributed by atoms with Gasteiger partial charge in [-0.1, -0.05) is 31.5 Å². The molecule has 0 aliphatic carbocycles. The predicted molar refractivity (Wildman–Crippen MR) is 95.5 cm³/mol. The average Bonchev–Trinajstić information content (AvgIpc) is 2.63. The summed E-state index contributed by atoms with van der Waals surface area (Å²) in [4.78, 5) is 14.3. The van der Waals surface area contributed by atoms with Gasteiger partial charge in [0.1, 0.15) is 0 Å². The number of hydrogen-bond donors (Lipinski definition) is 1. The minimum atomic E-state index is -3.32. The zero-order valence-corrected chi connectivity index (χ0v) is 15.1. The maximum atomic E-state index is 12.7. The van der Waals surface area contributed by atoms with Gasteiger partial charge in [0, 0.05) is 44.8 Å². The third kappa shape index (κ3) is 5.29. The fourth-order valence-electron chi connectivity index (χ4n) is 2.70. The van der Waals surface area contributed by atoms with E-state index in [0.29, 0.717) is 38.3 Å². The summed E-state index contributed by atoms with van der Waals surface area (Å²) < 4.78 is 26.5. The molecule has 0 saturated carbocycles. The highest BCUT2D eigenvalue weighted by molar-refractivity contribution is 7.89. The molecule has 0 atom stereocenters. The van der Waals surface area contributed by atoms with E-state index in [1.165, 1.54) is 4.31 Å². The number of piperazine rings is 1. The zero-order valence-electron chi connectivity index (χ0n) is 14.3. The standard InChI is InChI=1S/C17H27N3O3S/c1-2-3-11-19(17(21)16-7-5-4-6-8-16)14-15-24(22,23)20-12-9-18-10-13-20/h4-8,18H,2-3,9-15H2,1H3. The molecule has 2 rings (SSSR count). The first-order valence-electron chi connectivity index (χ1n) is 8.57. The normalized spacial score (nSPS) is 16.0. The molecule has 24 heavy (non-hydrogen) atoms.